The molecular weight excluding hydrogens is 318 g/mol. The van der Waals surface area contributed by atoms with Crippen molar-refractivity contribution < 1.29 is 14.3 Å². The lowest BCUT2D eigenvalue weighted by atomic mass is 10.3. The molecule has 1 N–H and O–H groups in total. The van der Waals surface area contributed by atoms with Crippen LogP contribution in [0.5, 0.6) is 0 Å². The molecule has 0 atom stereocenters. The summed E-state index contributed by atoms with van der Waals surface area (Å²) in [6.07, 6.45) is 1.61. The minimum absolute atomic E-state index is 0.117. The first-order valence-corrected chi connectivity index (χ1v) is 7.84. The van der Waals surface area contributed by atoms with E-state index in [-0.39, 0.29) is 24.6 Å². The summed E-state index contributed by atoms with van der Waals surface area (Å²) in [6, 6.07) is 3.10. The number of esters is 1. The van der Waals surface area contributed by atoms with Crippen molar-refractivity contribution in [2.45, 2.75) is 27.3 Å². The second kappa shape index (κ2) is 7.19. The normalized spacial score (nSPS) is 10.4. The Balaban J connectivity index is 2.09. The van der Waals surface area contributed by atoms with Gasteiger partial charge in [-0.2, -0.15) is 0 Å². The number of rotatable bonds is 5. The molecule has 0 saturated heterocycles. The number of nitrogens with zero attached hydrogens (tertiary/aromatic N) is 2. The number of aryl methyl sites for hydroxylation is 2. The maximum atomic E-state index is 12.0. The fraction of sp³-hybridized carbons (Fsp3) is 0.333. The molecule has 0 aliphatic heterocycles. The molecule has 0 aliphatic rings. The molecule has 23 heavy (non-hydrogen) atoms. The molecule has 0 radical (unpaired) electrons. The van der Waals surface area contributed by atoms with Gasteiger partial charge in [0.05, 0.1) is 12.3 Å². The average Bonchev–Trinajstić information content (AvgIpc) is 2.83. The highest BCUT2D eigenvalue weighted by Gasteiger charge is 2.17. The molecule has 7 nitrogen and oxygen atoms in total. The minimum Gasteiger partial charge on any atom is -0.462 e. The zero-order valence-corrected chi connectivity index (χ0v) is 13.9. The molecule has 2 rings (SSSR count). The summed E-state index contributed by atoms with van der Waals surface area (Å²) in [6.45, 7) is 5.38. The zero-order valence-electron chi connectivity index (χ0n) is 13.1. The van der Waals surface area contributed by atoms with Crippen molar-refractivity contribution in [1.82, 2.24) is 9.55 Å². The van der Waals surface area contributed by atoms with Crippen LogP contribution in [0.2, 0.25) is 0 Å². The summed E-state index contributed by atoms with van der Waals surface area (Å²) in [4.78, 5) is 39.9. The SMILES string of the molecule is CCOC(=O)c1sc(NC(=O)Cn2cc(C)ccc2=O)nc1C. The van der Waals surface area contributed by atoms with Crippen LogP contribution in [-0.4, -0.2) is 28.0 Å². The van der Waals surface area contributed by atoms with Crippen molar-refractivity contribution in [3.05, 3.63) is 44.8 Å². The third-order valence-electron chi connectivity index (χ3n) is 2.95. The van der Waals surface area contributed by atoms with Gasteiger partial charge >= 0.3 is 5.97 Å². The highest BCUT2D eigenvalue weighted by atomic mass is 32.1. The van der Waals surface area contributed by atoms with Gasteiger partial charge in [-0.15, -0.1) is 0 Å². The summed E-state index contributed by atoms with van der Waals surface area (Å²) in [5.41, 5.74) is 1.12. The van der Waals surface area contributed by atoms with Crippen LogP contribution in [0.25, 0.3) is 0 Å². The Labute approximate surface area is 136 Å². The van der Waals surface area contributed by atoms with E-state index < -0.39 is 5.97 Å². The van der Waals surface area contributed by atoms with Crippen LogP contribution in [0, 0.1) is 13.8 Å². The lowest BCUT2D eigenvalue weighted by Gasteiger charge is -2.05. The van der Waals surface area contributed by atoms with E-state index in [0.717, 1.165) is 16.9 Å². The average molecular weight is 335 g/mol. The van der Waals surface area contributed by atoms with Gasteiger partial charge in [0.15, 0.2) is 5.13 Å². The standard InChI is InChI=1S/C15H17N3O4S/c1-4-22-14(21)13-10(3)16-15(23-13)17-11(19)8-18-7-9(2)5-6-12(18)20/h5-7H,4,8H2,1-3H3,(H,16,17,19). The first-order chi connectivity index (χ1) is 10.9. The molecule has 0 aliphatic carbocycles. The Morgan fingerprint density at radius 2 is 2.09 bits per heavy atom. The van der Waals surface area contributed by atoms with Crippen molar-refractivity contribution in [2.75, 3.05) is 11.9 Å². The van der Waals surface area contributed by atoms with Crippen molar-refractivity contribution in [3.8, 4) is 0 Å². The molecule has 0 fully saturated rings. The molecule has 2 aromatic rings. The monoisotopic (exact) mass is 335 g/mol. The molecule has 122 valence electrons. The molecule has 0 aromatic carbocycles. The number of anilines is 1. The number of carbonyl (C=O) groups is 2. The summed E-state index contributed by atoms with van der Waals surface area (Å²) >= 11 is 1.05. The smallest absolute Gasteiger partial charge is 0.350 e. The maximum Gasteiger partial charge on any atom is 0.350 e. The number of nitrogens with one attached hydrogen (secondary N) is 1. The Morgan fingerprint density at radius 1 is 1.35 bits per heavy atom. The van der Waals surface area contributed by atoms with Crippen LogP contribution in [0.1, 0.15) is 27.9 Å². The number of thiazole rings is 1. The van der Waals surface area contributed by atoms with E-state index in [0.29, 0.717) is 15.7 Å². The molecule has 2 heterocycles. The van der Waals surface area contributed by atoms with E-state index >= 15 is 0 Å². The lowest BCUT2D eigenvalue weighted by molar-refractivity contribution is -0.116. The van der Waals surface area contributed by atoms with Crippen molar-refractivity contribution in [3.63, 3.8) is 0 Å². The second-order valence-electron chi connectivity index (χ2n) is 4.87. The highest BCUT2D eigenvalue weighted by Crippen LogP contribution is 2.23. The minimum atomic E-state index is -0.460. The summed E-state index contributed by atoms with van der Waals surface area (Å²) in [5, 5.41) is 2.90. The van der Waals surface area contributed by atoms with Gasteiger partial charge in [-0.3, -0.25) is 9.59 Å². The summed E-state index contributed by atoms with van der Waals surface area (Å²) < 4.78 is 6.24. The quantitative estimate of drug-likeness (QED) is 0.841. The van der Waals surface area contributed by atoms with E-state index in [9.17, 15) is 14.4 Å². The first kappa shape index (κ1) is 16.9. The predicted molar refractivity (Wildman–Crippen MR) is 86.9 cm³/mol. The fourth-order valence-corrected chi connectivity index (χ4v) is 2.80. The van der Waals surface area contributed by atoms with Crippen LogP contribution < -0.4 is 10.9 Å². The topological polar surface area (TPSA) is 90.3 Å². The predicted octanol–water partition coefficient (Wildman–Crippen LogP) is 1.74. The Morgan fingerprint density at radius 3 is 2.78 bits per heavy atom. The van der Waals surface area contributed by atoms with Crippen LogP contribution in [-0.2, 0) is 16.1 Å². The second-order valence-corrected chi connectivity index (χ2v) is 5.87. The molecule has 0 bridgehead atoms. The summed E-state index contributed by atoms with van der Waals surface area (Å²) in [7, 11) is 0. The molecule has 0 saturated carbocycles. The fourth-order valence-electron chi connectivity index (χ4n) is 1.92. The zero-order chi connectivity index (χ0) is 17.0. The van der Waals surface area contributed by atoms with Crippen LogP contribution >= 0.6 is 11.3 Å². The van der Waals surface area contributed by atoms with Gasteiger partial charge < -0.3 is 14.6 Å². The van der Waals surface area contributed by atoms with E-state index in [1.807, 2.05) is 6.92 Å². The van der Waals surface area contributed by atoms with E-state index in [1.165, 1.54) is 10.6 Å². The van der Waals surface area contributed by atoms with E-state index in [2.05, 4.69) is 10.3 Å². The Kier molecular flexibility index (Phi) is 5.28. The maximum absolute atomic E-state index is 12.0. The molecule has 0 unspecified atom stereocenters. The van der Waals surface area contributed by atoms with Crippen LogP contribution in [0.4, 0.5) is 5.13 Å². The first-order valence-electron chi connectivity index (χ1n) is 7.02. The third kappa shape index (κ3) is 4.26. The van der Waals surface area contributed by atoms with Crippen molar-refractivity contribution >= 4 is 28.3 Å². The number of pyridine rings is 1. The molecule has 0 spiro atoms. The number of hydrogen-bond donors (Lipinski definition) is 1. The lowest BCUT2D eigenvalue weighted by Crippen LogP contribution is -2.26. The van der Waals surface area contributed by atoms with E-state index in [4.69, 9.17) is 4.74 Å². The Bertz CT molecular complexity index is 794. The third-order valence-corrected chi connectivity index (χ3v) is 4.00. The number of hydrogen-bond acceptors (Lipinski definition) is 6. The van der Waals surface area contributed by atoms with Gasteiger partial charge in [0.2, 0.25) is 5.91 Å². The van der Waals surface area contributed by atoms with Crippen molar-refractivity contribution in [1.29, 1.82) is 0 Å². The van der Waals surface area contributed by atoms with Gasteiger partial charge in [0.1, 0.15) is 11.4 Å². The molecule has 1 amide bonds. The molecular formula is C15H17N3O4S. The Hall–Kier alpha value is -2.48. The number of amides is 1. The number of ether oxygens (including phenoxy) is 1. The summed E-state index contributed by atoms with van der Waals surface area (Å²) in [5.74, 6) is -0.847. The van der Waals surface area contributed by atoms with Crippen LogP contribution in [0.3, 0.4) is 0 Å². The van der Waals surface area contributed by atoms with Gasteiger partial charge in [-0.1, -0.05) is 17.4 Å². The van der Waals surface area contributed by atoms with Crippen LogP contribution in [0.15, 0.2) is 23.1 Å². The van der Waals surface area contributed by atoms with Gasteiger partial charge in [0, 0.05) is 12.3 Å². The highest BCUT2D eigenvalue weighted by molar-refractivity contribution is 7.17. The van der Waals surface area contributed by atoms with Gasteiger partial charge in [-0.25, -0.2) is 9.78 Å². The molecule has 8 heteroatoms. The molecule has 2 aromatic heterocycles. The van der Waals surface area contributed by atoms with Crippen molar-refractivity contribution in [2.24, 2.45) is 0 Å². The van der Waals surface area contributed by atoms with Gasteiger partial charge in [0.25, 0.3) is 5.56 Å². The van der Waals surface area contributed by atoms with Gasteiger partial charge in [-0.05, 0) is 26.3 Å². The largest absolute Gasteiger partial charge is 0.462 e. The number of carbonyl (C=O) groups excluding carboxylic acids is 2. The van der Waals surface area contributed by atoms with E-state index in [1.54, 1.807) is 26.1 Å². The number of aromatic nitrogens is 2.